The van der Waals surface area contributed by atoms with E-state index in [0.29, 0.717) is 25.6 Å². The molecule has 0 aliphatic carbocycles. The van der Waals surface area contributed by atoms with Gasteiger partial charge in [0.25, 0.3) is 0 Å². The van der Waals surface area contributed by atoms with E-state index in [9.17, 15) is 10.1 Å². The van der Waals surface area contributed by atoms with Crippen molar-refractivity contribution in [1.82, 2.24) is 0 Å². The van der Waals surface area contributed by atoms with Gasteiger partial charge in [-0.2, -0.15) is 5.26 Å². The lowest BCUT2D eigenvalue weighted by atomic mass is 9.92. The van der Waals surface area contributed by atoms with Crippen LogP contribution in [0.1, 0.15) is 21.8 Å². The zero-order valence-electron chi connectivity index (χ0n) is 10.1. The molecule has 1 unspecified atom stereocenters. The van der Waals surface area contributed by atoms with Crippen LogP contribution in [0.15, 0.2) is 46.9 Å². The number of carbonyl (C=O) groups is 1. The van der Waals surface area contributed by atoms with Crippen molar-refractivity contribution in [3.63, 3.8) is 0 Å². The van der Waals surface area contributed by atoms with Gasteiger partial charge in [0.1, 0.15) is 5.92 Å². The van der Waals surface area contributed by atoms with Gasteiger partial charge in [-0.15, -0.1) is 0 Å². The molecule has 0 N–H and O–H groups in total. The van der Waals surface area contributed by atoms with Gasteiger partial charge in [0.2, 0.25) is 0 Å². The van der Waals surface area contributed by atoms with Crippen LogP contribution in [-0.4, -0.2) is 5.78 Å². The summed E-state index contributed by atoms with van der Waals surface area (Å²) in [5, 5.41) is 10.1. The van der Waals surface area contributed by atoms with Gasteiger partial charge >= 0.3 is 0 Å². The number of Topliss-reactive ketones (excluding diaryl/α,β-unsaturated/α-hetero) is 1. The lowest BCUT2D eigenvalue weighted by molar-refractivity contribution is 0.0979. The second-order valence-electron chi connectivity index (χ2n) is 4.08. The Kier molecular flexibility index (Phi) is 4.82. The molecule has 1 atom stereocenters. The van der Waals surface area contributed by atoms with E-state index < -0.39 is 5.92 Å². The molecule has 0 saturated heterocycles. The van der Waals surface area contributed by atoms with E-state index in [-0.39, 0.29) is 5.78 Å². The molecule has 2 rings (SSSR count). The molecule has 0 spiro atoms. The highest BCUT2D eigenvalue weighted by Crippen LogP contribution is 2.29. The summed E-state index contributed by atoms with van der Waals surface area (Å²) in [6.07, 6.45) is 0. The minimum absolute atomic E-state index is 0.324. The molecule has 100 valence electrons. The lowest BCUT2D eigenvalue weighted by Gasteiger charge is -2.11. The number of hydrogen-bond acceptors (Lipinski definition) is 2. The monoisotopic (exact) mass is 367 g/mol. The molecule has 20 heavy (non-hydrogen) atoms. The summed E-state index contributed by atoms with van der Waals surface area (Å²) in [6, 6.07) is 13.7. The minimum Gasteiger partial charge on any atom is -0.292 e. The largest absolute Gasteiger partial charge is 0.292 e. The number of rotatable bonds is 3. The third-order valence-corrected chi connectivity index (χ3v) is 4.39. The average molecular weight is 369 g/mol. The van der Waals surface area contributed by atoms with E-state index in [4.69, 9.17) is 23.2 Å². The zero-order valence-corrected chi connectivity index (χ0v) is 13.2. The summed E-state index contributed by atoms with van der Waals surface area (Å²) in [7, 11) is 0. The van der Waals surface area contributed by atoms with Gasteiger partial charge in [0.15, 0.2) is 5.78 Å². The second kappa shape index (κ2) is 6.41. The van der Waals surface area contributed by atoms with Crippen molar-refractivity contribution in [1.29, 1.82) is 5.26 Å². The fourth-order valence-electron chi connectivity index (χ4n) is 1.79. The maximum atomic E-state index is 12.4. The summed E-state index contributed by atoms with van der Waals surface area (Å²) in [4.78, 5) is 12.4. The van der Waals surface area contributed by atoms with Crippen LogP contribution >= 0.6 is 39.1 Å². The first-order chi connectivity index (χ1) is 9.54. The number of carbonyl (C=O) groups excluding carboxylic acids is 1. The predicted molar refractivity (Wildman–Crippen MR) is 83.3 cm³/mol. The molecule has 2 aromatic carbocycles. The van der Waals surface area contributed by atoms with Crippen LogP contribution < -0.4 is 0 Å². The third-order valence-electron chi connectivity index (χ3n) is 2.81. The van der Waals surface area contributed by atoms with E-state index in [1.54, 1.807) is 36.4 Å². The van der Waals surface area contributed by atoms with Crippen molar-refractivity contribution >= 4 is 44.9 Å². The van der Waals surface area contributed by atoms with Crippen molar-refractivity contribution in [3.05, 3.63) is 68.1 Å². The van der Waals surface area contributed by atoms with Crippen molar-refractivity contribution < 1.29 is 4.79 Å². The second-order valence-corrected chi connectivity index (χ2v) is 5.75. The summed E-state index contributed by atoms with van der Waals surface area (Å²) >= 11 is 15.3. The molecule has 2 aromatic rings. The zero-order chi connectivity index (χ0) is 14.7. The topological polar surface area (TPSA) is 40.9 Å². The van der Waals surface area contributed by atoms with Gasteiger partial charge in [-0.05, 0) is 39.7 Å². The van der Waals surface area contributed by atoms with Crippen molar-refractivity contribution in [2.75, 3.05) is 0 Å². The smallest absolute Gasteiger partial charge is 0.184 e. The predicted octanol–water partition coefficient (Wildman–Crippen LogP) is 5.25. The molecule has 0 saturated carbocycles. The molecular weight excluding hydrogens is 361 g/mol. The van der Waals surface area contributed by atoms with E-state index in [2.05, 4.69) is 15.9 Å². The Bertz CT molecular complexity index is 709. The number of benzene rings is 2. The highest BCUT2D eigenvalue weighted by atomic mass is 79.9. The van der Waals surface area contributed by atoms with E-state index in [1.165, 1.54) is 6.07 Å². The summed E-state index contributed by atoms with van der Waals surface area (Å²) in [6.45, 7) is 0. The molecule has 0 fully saturated rings. The summed E-state index contributed by atoms with van der Waals surface area (Å²) in [5.74, 6) is -1.27. The van der Waals surface area contributed by atoms with Gasteiger partial charge < -0.3 is 0 Å². The van der Waals surface area contributed by atoms with Gasteiger partial charge in [-0.25, -0.2) is 0 Å². The molecule has 0 amide bonds. The Balaban J connectivity index is 2.42. The first kappa shape index (κ1) is 15.1. The lowest BCUT2D eigenvalue weighted by Crippen LogP contribution is -2.11. The van der Waals surface area contributed by atoms with Crippen molar-refractivity contribution in [3.8, 4) is 6.07 Å². The molecule has 0 aromatic heterocycles. The Morgan fingerprint density at radius 1 is 1.15 bits per heavy atom. The van der Waals surface area contributed by atoms with Crippen LogP contribution in [0.5, 0.6) is 0 Å². The van der Waals surface area contributed by atoms with Crippen LogP contribution in [0.25, 0.3) is 0 Å². The fourth-order valence-corrected chi connectivity index (χ4v) is 2.47. The summed E-state index contributed by atoms with van der Waals surface area (Å²) in [5.41, 5.74) is 0.880. The molecule has 0 radical (unpaired) electrons. The molecular formula is C15H8BrCl2NO. The number of halogens is 3. The fraction of sp³-hybridized carbons (Fsp3) is 0.0667. The first-order valence-corrected chi connectivity index (χ1v) is 7.23. The first-order valence-electron chi connectivity index (χ1n) is 5.68. The maximum absolute atomic E-state index is 12.4. The van der Waals surface area contributed by atoms with Gasteiger partial charge in [0, 0.05) is 15.1 Å². The van der Waals surface area contributed by atoms with Crippen LogP contribution in [0.3, 0.4) is 0 Å². The Labute approximate surface area is 135 Å². The molecule has 2 nitrogen and oxygen atoms in total. The molecule has 0 heterocycles. The number of ketones is 1. The molecule has 0 bridgehead atoms. The Morgan fingerprint density at radius 3 is 2.45 bits per heavy atom. The van der Waals surface area contributed by atoms with Crippen LogP contribution in [-0.2, 0) is 0 Å². The molecule has 0 aliphatic heterocycles. The van der Waals surface area contributed by atoms with E-state index in [0.717, 1.165) is 0 Å². The number of nitrogens with zero attached hydrogens (tertiary/aromatic N) is 1. The van der Waals surface area contributed by atoms with Crippen LogP contribution in [0.2, 0.25) is 10.0 Å². The highest BCUT2D eigenvalue weighted by Gasteiger charge is 2.24. The third kappa shape index (κ3) is 3.04. The standard InChI is InChI=1S/C15H8BrCl2NO/c16-12-6-5-9(7-14(12)18)15(20)11(8-19)10-3-1-2-4-13(10)17/h1-7,11H. The number of nitriles is 1. The van der Waals surface area contributed by atoms with Crippen LogP contribution in [0, 0.1) is 11.3 Å². The van der Waals surface area contributed by atoms with Gasteiger partial charge in [-0.3, -0.25) is 4.79 Å². The molecule has 5 heteroatoms. The number of hydrogen-bond donors (Lipinski definition) is 0. The quantitative estimate of drug-likeness (QED) is 0.694. The maximum Gasteiger partial charge on any atom is 0.184 e. The molecule has 0 aliphatic rings. The van der Waals surface area contributed by atoms with Crippen LogP contribution in [0.4, 0.5) is 0 Å². The van der Waals surface area contributed by atoms with Crippen molar-refractivity contribution in [2.45, 2.75) is 5.92 Å². The minimum atomic E-state index is -0.944. The average Bonchev–Trinajstić information content (AvgIpc) is 2.44. The van der Waals surface area contributed by atoms with E-state index >= 15 is 0 Å². The normalized spacial score (nSPS) is 11.7. The van der Waals surface area contributed by atoms with Gasteiger partial charge in [0.05, 0.1) is 11.1 Å². The van der Waals surface area contributed by atoms with E-state index in [1.807, 2.05) is 6.07 Å². The summed E-state index contributed by atoms with van der Waals surface area (Å²) < 4.78 is 0.696. The SMILES string of the molecule is N#CC(C(=O)c1ccc(Br)c(Cl)c1)c1ccccc1Cl. The Morgan fingerprint density at radius 2 is 1.85 bits per heavy atom. The highest BCUT2D eigenvalue weighted by molar-refractivity contribution is 9.10. The van der Waals surface area contributed by atoms with Crippen molar-refractivity contribution in [2.24, 2.45) is 0 Å². The van der Waals surface area contributed by atoms with Gasteiger partial charge in [-0.1, -0.05) is 47.5 Å². The Hall–Kier alpha value is -1.34.